The Morgan fingerprint density at radius 1 is 1.05 bits per heavy atom. The number of fused-ring (bicyclic) bond motifs is 1. The fraction of sp³-hybridized carbons (Fsp3) is 0.571. The van der Waals surface area contributed by atoms with E-state index < -0.39 is 0 Å². The molecule has 0 aliphatic carbocycles. The second-order valence-electron chi connectivity index (χ2n) is 4.78. The Hall–Kier alpha value is -1.62. The molecule has 1 aromatic heterocycles. The van der Waals surface area contributed by atoms with E-state index in [1.807, 2.05) is 19.1 Å². The highest BCUT2D eigenvalue weighted by Gasteiger charge is 2.08. The Bertz CT molecular complexity index is 509. The maximum Gasteiger partial charge on any atom is 0.158 e. The van der Waals surface area contributed by atoms with E-state index in [4.69, 9.17) is 4.63 Å². The van der Waals surface area contributed by atoms with Crippen LogP contribution in [0.1, 0.15) is 31.7 Å². The molecule has 2 N–H and O–H groups in total. The summed E-state index contributed by atoms with van der Waals surface area (Å²) >= 11 is 0. The molecule has 19 heavy (non-hydrogen) atoms. The summed E-state index contributed by atoms with van der Waals surface area (Å²) < 4.78 is 4.81. The lowest BCUT2D eigenvalue weighted by atomic mass is 10.2. The first-order valence-corrected chi connectivity index (χ1v) is 6.99. The van der Waals surface area contributed by atoms with Crippen molar-refractivity contribution in [3.8, 4) is 0 Å². The van der Waals surface area contributed by atoms with Crippen molar-refractivity contribution < 1.29 is 4.63 Å². The molecule has 2 rings (SSSR count). The monoisotopic (exact) mass is 262 g/mol. The average molecular weight is 262 g/mol. The number of rotatable bonds is 8. The van der Waals surface area contributed by atoms with Gasteiger partial charge in [0.05, 0.1) is 5.69 Å². The summed E-state index contributed by atoms with van der Waals surface area (Å²) in [6, 6.07) is 4.07. The third kappa shape index (κ3) is 3.67. The predicted molar refractivity (Wildman–Crippen MR) is 77.4 cm³/mol. The van der Waals surface area contributed by atoms with Crippen molar-refractivity contribution in [3.63, 3.8) is 0 Å². The van der Waals surface area contributed by atoms with Gasteiger partial charge >= 0.3 is 0 Å². The van der Waals surface area contributed by atoms with Crippen LogP contribution in [0.3, 0.4) is 0 Å². The van der Waals surface area contributed by atoms with Gasteiger partial charge in [0, 0.05) is 6.54 Å². The number of aromatic nitrogens is 2. The summed E-state index contributed by atoms with van der Waals surface area (Å²) in [7, 11) is 0. The van der Waals surface area contributed by atoms with Crippen LogP contribution in [-0.2, 0) is 0 Å². The Labute approximate surface area is 113 Å². The first kappa shape index (κ1) is 13.8. The Morgan fingerprint density at radius 2 is 1.84 bits per heavy atom. The van der Waals surface area contributed by atoms with Gasteiger partial charge in [-0.05, 0) is 54.8 Å². The van der Waals surface area contributed by atoms with Crippen LogP contribution >= 0.6 is 0 Å². The normalized spacial score (nSPS) is 11.1. The van der Waals surface area contributed by atoms with E-state index in [9.17, 15) is 0 Å². The zero-order chi connectivity index (χ0) is 13.5. The van der Waals surface area contributed by atoms with Gasteiger partial charge in [-0.25, -0.2) is 4.63 Å². The van der Waals surface area contributed by atoms with Crippen molar-refractivity contribution in [2.75, 3.05) is 25.0 Å². The maximum atomic E-state index is 4.81. The Morgan fingerprint density at radius 3 is 2.68 bits per heavy atom. The molecule has 0 unspecified atom stereocenters. The number of nitrogens with zero attached hydrogens (tertiary/aromatic N) is 2. The van der Waals surface area contributed by atoms with Crippen LogP contribution in [0.5, 0.6) is 0 Å². The Balaban J connectivity index is 1.79. The van der Waals surface area contributed by atoms with Crippen LogP contribution in [0.2, 0.25) is 0 Å². The molecule has 0 atom stereocenters. The zero-order valence-electron chi connectivity index (χ0n) is 11.7. The first-order chi connectivity index (χ1) is 9.33. The second-order valence-corrected chi connectivity index (χ2v) is 4.78. The van der Waals surface area contributed by atoms with Crippen molar-refractivity contribution >= 4 is 16.7 Å². The van der Waals surface area contributed by atoms with Crippen LogP contribution in [0.4, 0.5) is 5.69 Å². The molecule has 0 saturated carbocycles. The van der Waals surface area contributed by atoms with E-state index >= 15 is 0 Å². The van der Waals surface area contributed by atoms with Gasteiger partial charge in [0.25, 0.3) is 0 Å². The van der Waals surface area contributed by atoms with Crippen LogP contribution in [-0.4, -0.2) is 29.9 Å². The minimum atomic E-state index is 0.818. The number of aryl methyl sites for hydroxylation is 1. The van der Waals surface area contributed by atoms with Gasteiger partial charge in [-0.3, -0.25) is 0 Å². The predicted octanol–water partition coefficient (Wildman–Crippen LogP) is 2.72. The van der Waals surface area contributed by atoms with Gasteiger partial charge in [-0.15, -0.1) is 0 Å². The minimum Gasteiger partial charge on any atom is -0.383 e. The average Bonchev–Trinajstić information content (AvgIpc) is 2.90. The molecule has 5 nitrogen and oxygen atoms in total. The van der Waals surface area contributed by atoms with Crippen LogP contribution in [0, 0.1) is 6.92 Å². The molecule has 0 amide bonds. The molecule has 1 heterocycles. The smallest absolute Gasteiger partial charge is 0.158 e. The number of hydrogen-bond donors (Lipinski definition) is 2. The molecule has 0 bridgehead atoms. The van der Waals surface area contributed by atoms with Crippen LogP contribution in [0.15, 0.2) is 16.8 Å². The largest absolute Gasteiger partial charge is 0.383 e. The molecule has 0 aliphatic rings. The topological polar surface area (TPSA) is 63.0 Å². The fourth-order valence-electron chi connectivity index (χ4n) is 2.00. The second kappa shape index (κ2) is 7.09. The van der Waals surface area contributed by atoms with E-state index in [-0.39, 0.29) is 0 Å². The molecule has 0 radical (unpaired) electrons. The van der Waals surface area contributed by atoms with E-state index in [2.05, 4.69) is 27.9 Å². The number of unbranched alkanes of at least 4 members (excludes halogenated alkanes) is 1. The number of nitrogens with one attached hydrogen (secondary N) is 2. The number of benzene rings is 1. The summed E-state index contributed by atoms with van der Waals surface area (Å²) in [4.78, 5) is 0. The lowest BCUT2D eigenvalue weighted by molar-refractivity contribution is 0.315. The molecule has 1 aromatic carbocycles. The van der Waals surface area contributed by atoms with Crippen molar-refractivity contribution in [1.29, 1.82) is 0 Å². The van der Waals surface area contributed by atoms with Gasteiger partial charge in [0.1, 0.15) is 5.52 Å². The van der Waals surface area contributed by atoms with Crippen molar-refractivity contribution in [3.05, 3.63) is 17.7 Å². The molecule has 0 fully saturated rings. The lowest BCUT2D eigenvalue weighted by Crippen LogP contribution is -2.19. The van der Waals surface area contributed by atoms with Crippen molar-refractivity contribution in [2.24, 2.45) is 0 Å². The van der Waals surface area contributed by atoms with Crippen molar-refractivity contribution in [2.45, 2.75) is 33.1 Å². The number of anilines is 1. The summed E-state index contributed by atoms with van der Waals surface area (Å²) in [5.41, 5.74) is 3.74. The third-order valence-electron chi connectivity index (χ3n) is 3.17. The third-order valence-corrected chi connectivity index (χ3v) is 3.17. The molecule has 0 saturated heterocycles. The highest BCUT2D eigenvalue weighted by molar-refractivity contribution is 5.89. The summed E-state index contributed by atoms with van der Waals surface area (Å²) in [5, 5.41) is 14.7. The van der Waals surface area contributed by atoms with E-state index in [0.29, 0.717) is 0 Å². The van der Waals surface area contributed by atoms with Crippen LogP contribution < -0.4 is 10.6 Å². The van der Waals surface area contributed by atoms with Crippen molar-refractivity contribution in [1.82, 2.24) is 15.6 Å². The van der Waals surface area contributed by atoms with E-state index in [1.54, 1.807) is 0 Å². The summed E-state index contributed by atoms with van der Waals surface area (Å²) in [6.07, 6.45) is 3.58. The quantitative estimate of drug-likeness (QED) is 0.716. The molecule has 0 aliphatic heterocycles. The van der Waals surface area contributed by atoms with Gasteiger partial charge in [-0.1, -0.05) is 19.4 Å². The van der Waals surface area contributed by atoms with Gasteiger partial charge in [0.15, 0.2) is 5.52 Å². The molecule has 104 valence electrons. The van der Waals surface area contributed by atoms with Gasteiger partial charge in [0.2, 0.25) is 0 Å². The SMILES string of the molecule is CCCCNCCCNc1ccc(C)c2nonc12. The molecular formula is C14H22N4O. The molecule has 2 aromatic rings. The zero-order valence-corrected chi connectivity index (χ0v) is 11.7. The van der Waals surface area contributed by atoms with E-state index in [1.165, 1.54) is 12.8 Å². The standard InChI is InChI=1S/C14H22N4O/c1-3-4-8-15-9-5-10-16-12-7-6-11(2)13-14(12)18-19-17-13/h6-7,15-16H,3-5,8-10H2,1-2H3. The highest BCUT2D eigenvalue weighted by Crippen LogP contribution is 2.22. The highest BCUT2D eigenvalue weighted by atomic mass is 16.6. The molecular weight excluding hydrogens is 240 g/mol. The fourth-order valence-corrected chi connectivity index (χ4v) is 2.00. The first-order valence-electron chi connectivity index (χ1n) is 6.99. The molecule has 5 heteroatoms. The number of hydrogen-bond acceptors (Lipinski definition) is 5. The van der Waals surface area contributed by atoms with Gasteiger partial charge < -0.3 is 10.6 Å². The van der Waals surface area contributed by atoms with Crippen LogP contribution in [0.25, 0.3) is 11.0 Å². The summed E-state index contributed by atoms with van der Waals surface area (Å²) in [6.45, 7) is 7.29. The Kier molecular flexibility index (Phi) is 5.15. The molecule has 0 spiro atoms. The maximum absolute atomic E-state index is 4.81. The minimum absolute atomic E-state index is 0.818. The lowest BCUT2D eigenvalue weighted by Gasteiger charge is -2.07. The summed E-state index contributed by atoms with van der Waals surface area (Å²) in [5.74, 6) is 0. The van der Waals surface area contributed by atoms with Gasteiger partial charge in [-0.2, -0.15) is 0 Å². The van der Waals surface area contributed by atoms with E-state index in [0.717, 1.165) is 48.3 Å².